The highest BCUT2D eigenvalue weighted by Crippen LogP contribution is 2.37. The van der Waals surface area contributed by atoms with E-state index in [0.717, 1.165) is 31.9 Å². The summed E-state index contributed by atoms with van der Waals surface area (Å²) < 4.78 is 4.23. The highest BCUT2D eigenvalue weighted by Gasteiger charge is 2.16. The fourth-order valence-corrected chi connectivity index (χ4v) is 3.51. The van der Waals surface area contributed by atoms with E-state index in [0.29, 0.717) is 12.4 Å². The third-order valence-electron chi connectivity index (χ3n) is 2.94. The lowest BCUT2D eigenvalue weighted by atomic mass is 10.2. The van der Waals surface area contributed by atoms with E-state index < -0.39 is 0 Å². The first-order valence-electron chi connectivity index (χ1n) is 6.29. The number of aryl methyl sites for hydroxylation is 1. The lowest BCUT2D eigenvalue weighted by molar-refractivity contribution is 1.16. The molecule has 3 aromatic rings. The molecule has 0 bridgehead atoms. The number of hydrogen-bond donors (Lipinski definition) is 2. The Kier molecular flexibility index (Phi) is 4.10. The Labute approximate surface area is 135 Å². The Hall–Kier alpha value is -1.63. The summed E-state index contributed by atoms with van der Waals surface area (Å²) in [5, 5.41) is 8.04. The number of thiazole rings is 1. The standard InChI is InChI=1S/C14H13ClN4S2/c1-8-18-11(7-20-8)12-13(16)19-21-14(12)17-6-9-3-2-4-10(15)5-9/h2-5,7,17H,6H2,1H3,(H2,16,19). The summed E-state index contributed by atoms with van der Waals surface area (Å²) in [5.74, 6) is 0.513. The topological polar surface area (TPSA) is 63.8 Å². The molecule has 3 rings (SSSR count). The summed E-state index contributed by atoms with van der Waals surface area (Å²) >= 11 is 8.95. The third-order valence-corrected chi connectivity index (χ3v) is 4.76. The Bertz CT molecular complexity index is 766. The van der Waals surface area contributed by atoms with Gasteiger partial charge >= 0.3 is 0 Å². The fraction of sp³-hybridized carbons (Fsp3) is 0.143. The Morgan fingerprint density at radius 1 is 1.38 bits per heavy atom. The second kappa shape index (κ2) is 6.01. The Morgan fingerprint density at radius 3 is 2.95 bits per heavy atom. The van der Waals surface area contributed by atoms with Gasteiger partial charge in [0.1, 0.15) is 10.8 Å². The van der Waals surface area contributed by atoms with E-state index in [9.17, 15) is 0 Å². The van der Waals surface area contributed by atoms with E-state index in [-0.39, 0.29) is 0 Å². The largest absolute Gasteiger partial charge is 0.382 e. The van der Waals surface area contributed by atoms with Gasteiger partial charge in [-0.3, -0.25) is 0 Å². The summed E-state index contributed by atoms with van der Waals surface area (Å²) in [5.41, 5.74) is 8.84. The third kappa shape index (κ3) is 3.18. The molecule has 0 saturated carbocycles. The summed E-state index contributed by atoms with van der Waals surface area (Å²) in [4.78, 5) is 4.49. The van der Waals surface area contributed by atoms with Gasteiger partial charge in [0, 0.05) is 16.9 Å². The first kappa shape index (κ1) is 14.3. The Balaban J connectivity index is 1.83. The number of anilines is 2. The van der Waals surface area contributed by atoms with Crippen molar-refractivity contribution in [2.75, 3.05) is 11.1 Å². The minimum Gasteiger partial charge on any atom is -0.382 e. The fourth-order valence-electron chi connectivity index (χ4n) is 1.98. The van der Waals surface area contributed by atoms with E-state index in [1.807, 2.05) is 36.6 Å². The number of rotatable bonds is 4. The van der Waals surface area contributed by atoms with Crippen LogP contribution in [0.3, 0.4) is 0 Å². The molecule has 3 N–H and O–H groups in total. The monoisotopic (exact) mass is 336 g/mol. The van der Waals surface area contributed by atoms with Gasteiger partial charge < -0.3 is 11.1 Å². The van der Waals surface area contributed by atoms with E-state index in [2.05, 4.69) is 14.7 Å². The number of nitrogens with two attached hydrogens (primary N) is 1. The van der Waals surface area contributed by atoms with Crippen LogP contribution in [0.4, 0.5) is 10.8 Å². The van der Waals surface area contributed by atoms with Crippen molar-refractivity contribution in [1.82, 2.24) is 9.36 Å². The van der Waals surface area contributed by atoms with Crippen molar-refractivity contribution in [3.05, 3.63) is 45.2 Å². The van der Waals surface area contributed by atoms with Gasteiger partial charge in [-0.1, -0.05) is 23.7 Å². The van der Waals surface area contributed by atoms with E-state index in [4.69, 9.17) is 17.3 Å². The lowest BCUT2D eigenvalue weighted by Crippen LogP contribution is -1.99. The van der Waals surface area contributed by atoms with Gasteiger partial charge in [-0.05, 0) is 36.2 Å². The second-order valence-electron chi connectivity index (χ2n) is 4.51. The molecule has 2 heterocycles. The van der Waals surface area contributed by atoms with Crippen LogP contribution >= 0.6 is 34.5 Å². The van der Waals surface area contributed by atoms with Gasteiger partial charge in [-0.15, -0.1) is 11.3 Å². The maximum atomic E-state index is 5.99. The van der Waals surface area contributed by atoms with Crippen LogP contribution in [-0.4, -0.2) is 9.36 Å². The molecule has 0 radical (unpaired) electrons. The molecule has 0 aliphatic heterocycles. The van der Waals surface area contributed by atoms with Crippen molar-refractivity contribution in [2.45, 2.75) is 13.5 Å². The van der Waals surface area contributed by atoms with Crippen LogP contribution in [0.5, 0.6) is 0 Å². The zero-order valence-electron chi connectivity index (χ0n) is 11.3. The van der Waals surface area contributed by atoms with Crippen LogP contribution in [0.1, 0.15) is 10.6 Å². The van der Waals surface area contributed by atoms with Crippen LogP contribution in [-0.2, 0) is 6.54 Å². The highest BCUT2D eigenvalue weighted by atomic mass is 35.5. The minimum atomic E-state index is 0.513. The van der Waals surface area contributed by atoms with Crippen LogP contribution in [0, 0.1) is 6.92 Å². The molecule has 21 heavy (non-hydrogen) atoms. The van der Waals surface area contributed by atoms with Gasteiger partial charge in [0.2, 0.25) is 0 Å². The molecule has 0 spiro atoms. The number of hydrogen-bond acceptors (Lipinski definition) is 6. The normalized spacial score (nSPS) is 10.8. The molecule has 4 nitrogen and oxygen atoms in total. The molecule has 0 amide bonds. The summed E-state index contributed by atoms with van der Waals surface area (Å²) in [6, 6.07) is 7.76. The number of benzene rings is 1. The highest BCUT2D eigenvalue weighted by molar-refractivity contribution is 7.11. The predicted molar refractivity (Wildman–Crippen MR) is 91.2 cm³/mol. The first-order chi connectivity index (χ1) is 10.1. The van der Waals surface area contributed by atoms with Gasteiger partial charge in [0.05, 0.1) is 16.3 Å². The summed E-state index contributed by atoms with van der Waals surface area (Å²) in [6.07, 6.45) is 0. The minimum absolute atomic E-state index is 0.513. The van der Waals surface area contributed by atoms with Crippen molar-refractivity contribution >= 4 is 45.3 Å². The molecule has 108 valence electrons. The second-order valence-corrected chi connectivity index (χ2v) is 6.78. The maximum absolute atomic E-state index is 5.99. The van der Waals surface area contributed by atoms with Gasteiger partial charge in [0.25, 0.3) is 0 Å². The smallest absolute Gasteiger partial charge is 0.148 e. The van der Waals surface area contributed by atoms with Crippen molar-refractivity contribution in [2.24, 2.45) is 0 Å². The number of nitrogen functional groups attached to an aromatic ring is 1. The molecule has 0 saturated heterocycles. The summed E-state index contributed by atoms with van der Waals surface area (Å²) in [7, 11) is 0. The van der Waals surface area contributed by atoms with Crippen molar-refractivity contribution in [3.63, 3.8) is 0 Å². The van der Waals surface area contributed by atoms with Gasteiger partial charge in [-0.2, -0.15) is 4.37 Å². The van der Waals surface area contributed by atoms with E-state index >= 15 is 0 Å². The molecular formula is C14H13ClN4S2. The van der Waals surface area contributed by atoms with Crippen LogP contribution in [0.15, 0.2) is 29.6 Å². The molecule has 0 aliphatic rings. The SMILES string of the molecule is Cc1nc(-c2c(N)nsc2NCc2cccc(Cl)c2)cs1. The van der Waals surface area contributed by atoms with Gasteiger partial charge in [0.15, 0.2) is 0 Å². The number of nitrogens with one attached hydrogen (secondary N) is 1. The van der Waals surface area contributed by atoms with E-state index in [1.54, 1.807) is 11.3 Å². The van der Waals surface area contributed by atoms with Crippen LogP contribution in [0.2, 0.25) is 5.02 Å². The summed E-state index contributed by atoms with van der Waals surface area (Å²) in [6.45, 7) is 2.64. The predicted octanol–water partition coefficient (Wildman–Crippen LogP) is 4.42. The van der Waals surface area contributed by atoms with E-state index in [1.165, 1.54) is 11.5 Å². The zero-order chi connectivity index (χ0) is 14.8. The van der Waals surface area contributed by atoms with Crippen molar-refractivity contribution < 1.29 is 0 Å². The molecule has 0 atom stereocenters. The van der Waals surface area contributed by atoms with Gasteiger partial charge in [-0.25, -0.2) is 4.98 Å². The molecule has 7 heteroatoms. The average Bonchev–Trinajstić information content (AvgIpc) is 3.02. The number of nitrogens with zero attached hydrogens (tertiary/aromatic N) is 2. The lowest BCUT2D eigenvalue weighted by Gasteiger charge is -2.06. The molecular weight excluding hydrogens is 324 g/mol. The average molecular weight is 337 g/mol. The first-order valence-corrected chi connectivity index (χ1v) is 8.32. The molecule has 1 aromatic carbocycles. The molecule has 0 fully saturated rings. The number of halogens is 1. The molecule has 0 unspecified atom stereocenters. The number of aromatic nitrogens is 2. The van der Waals surface area contributed by atoms with Crippen molar-refractivity contribution in [3.8, 4) is 11.3 Å². The maximum Gasteiger partial charge on any atom is 0.148 e. The Morgan fingerprint density at radius 2 is 2.24 bits per heavy atom. The van der Waals surface area contributed by atoms with Crippen LogP contribution in [0.25, 0.3) is 11.3 Å². The molecule has 0 aliphatic carbocycles. The quantitative estimate of drug-likeness (QED) is 0.740. The van der Waals surface area contributed by atoms with Crippen molar-refractivity contribution in [1.29, 1.82) is 0 Å². The zero-order valence-corrected chi connectivity index (χ0v) is 13.6. The molecule has 2 aromatic heterocycles. The van der Waals surface area contributed by atoms with Crippen LogP contribution < -0.4 is 11.1 Å².